The first-order valence-electron chi connectivity index (χ1n) is 4.74. The Balaban J connectivity index is 2.69. The molecule has 0 saturated heterocycles. The fourth-order valence-corrected chi connectivity index (χ4v) is 1.10. The van der Waals surface area contributed by atoms with Crippen LogP contribution < -0.4 is 0 Å². The zero-order chi connectivity index (χ0) is 12.7. The number of hydrogen-bond donors (Lipinski definition) is 0. The smallest absolute Gasteiger partial charge is 0.252 e. The lowest BCUT2D eigenvalue weighted by Gasteiger charge is -2.05. The predicted octanol–water partition coefficient (Wildman–Crippen LogP) is 3.81. The number of aromatic nitrogens is 1. The van der Waals surface area contributed by atoms with Gasteiger partial charge in [-0.25, -0.2) is 0 Å². The summed E-state index contributed by atoms with van der Waals surface area (Å²) in [6.45, 7) is 0.282. The maximum Gasteiger partial charge on any atom is 0.433 e. The summed E-state index contributed by atoms with van der Waals surface area (Å²) < 4.78 is 36.9. The average molecular weight is 242 g/mol. The molecule has 90 valence electrons. The SMILES string of the molecule is [N-]=[N+]=NCCC=Cc1ccnc(C(F)(F)F)c1. The minimum Gasteiger partial charge on any atom is -0.252 e. The summed E-state index contributed by atoms with van der Waals surface area (Å²) in [5.74, 6) is 0. The van der Waals surface area contributed by atoms with E-state index in [-0.39, 0.29) is 6.54 Å². The van der Waals surface area contributed by atoms with Crippen LogP contribution in [0.2, 0.25) is 0 Å². The molecule has 1 rings (SSSR count). The fraction of sp³-hybridized carbons (Fsp3) is 0.300. The van der Waals surface area contributed by atoms with Crippen LogP contribution in [-0.4, -0.2) is 11.5 Å². The number of rotatable bonds is 4. The summed E-state index contributed by atoms with van der Waals surface area (Å²) in [4.78, 5) is 5.80. The Labute approximate surface area is 95.4 Å². The molecule has 0 unspecified atom stereocenters. The first kappa shape index (κ1) is 13.1. The highest BCUT2D eigenvalue weighted by atomic mass is 19.4. The molecule has 0 radical (unpaired) electrons. The third-order valence-electron chi connectivity index (χ3n) is 1.84. The van der Waals surface area contributed by atoms with E-state index < -0.39 is 11.9 Å². The van der Waals surface area contributed by atoms with Gasteiger partial charge in [-0.1, -0.05) is 17.3 Å². The molecule has 0 N–H and O–H groups in total. The fourth-order valence-electron chi connectivity index (χ4n) is 1.10. The number of hydrogen-bond acceptors (Lipinski definition) is 2. The van der Waals surface area contributed by atoms with E-state index in [9.17, 15) is 13.2 Å². The number of pyridine rings is 1. The van der Waals surface area contributed by atoms with Crippen LogP contribution in [0.3, 0.4) is 0 Å². The van der Waals surface area contributed by atoms with Crippen molar-refractivity contribution in [3.05, 3.63) is 46.1 Å². The number of halogens is 3. The van der Waals surface area contributed by atoms with E-state index in [4.69, 9.17) is 5.53 Å². The minimum atomic E-state index is -4.44. The van der Waals surface area contributed by atoms with Crippen LogP contribution >= 0.6 is 0 Å². The Morgan fingerprint density at radius 2 is 2.24 bits per heavy atom. The van der Waals surface area contributed by atoms with Crippen molar-refractivity contribution in [3.8, 4) is 0 Å². The zero-order valence-corrected chi connectivity index (χ0v) is 8.72. The second-order valence-electron chi connectivity index (χ2n) is 3.12. The van der Waals surface area contributed by atoms with E-state index in [2.05, 4.69) is 15.0 Å². The molecule has 0 aliphatic heterocycles. The second-order valence-corrected chi connectivity index (χ2v) is 3.12. The minimum absolute atomic E-state index is 0.282. The van der Waals surface area contributed by atoms with Gasteiger partial charge < -0.3 is 0 Å². The molecule has 1 heterocycles. The summed E-state index contributed by atoms with van der Waals surface area (Å²) >= 11 is 0. The summed E-state index contributed by atoms with van der Waals surface area (Å²) in [6, 6.07) is 2.43. The van der Waals surface area contributed by atoms with E-state index in [1.54, 1.807) is 6.08 Å². The van der Waals surface area contributed by atoms with Gasteiger partial charge in [0.05, 0.1) is 0 Å². The monoisotopic (exact) mass is 242 g/mol. The van der Waals surface area contributed by atoms with Gasteiger partial charge in [0.1, 0.15) is 5.69 Å². The maximum absolute atomic E-state index is 12.3. The first-order chi connectivity index (χ1) is 8.04. The van der Waals surface area contributed by atoms with Crippen molar-refractivity contribution >= 4 is 6.08 Å². The van der Waals surface area contributed by atoms with Crippen molar-refractivity contribution in [2.75, 3.05) is 6.54 Å². The normalized spacial score (nSPS) is 11.5. The van der Waals surface area contributed by atoms with Gasteiger partial charge in [-0.15, -0.1) is 0 Å². The van der Waals surface area contributed by atoms with Crippen LogP contribution in [0.25, 0.3) is 16.5 Å². The van der Waals surface area contributed by atoms with Crippen molar-refractivity contribution in [3.63, 3.8) is 0 Å². The van der Waals surface area contributed by atoms with Crippen LogP contribution in [0, 0.1) is 0 Å². The van der Waals surface area contributed by atoms with E-state index in [0.29, 0.717) is 12.0 Å². The molecular formula is C10H9F3N4. The molecule has 4 nitrogen and oxygen atoms in total. The standard InChI is InChI=1S/C10H9F3N4/c11-10(12,13)9-7-8(4-6-15-9)3-1-2-5-16-17-14/h1,3-4,6-7H,2,5H2. The molecule has 0 saturated carbocycles. The van der Waals surface area contributed by atoms with Crippen LogP contribution in [0.4, 0.5) is 13.2 Å². The average Bonchev–Trinajstić information content (AvgIpc) is 2.28. The second kappa shape index (κ2) is 5.91. The van der Waals surface area contributed by atoms with Gasteiger partial charge in [-0.3, -0.25) is 4.98 Å². The topological polar surface area (TPSA) is 61.7 Å². The van der Waals surface area contributed by atoms with Crippen LogP contribution in [0.5, 0.6) is 0 Å². The van der Waals surface area contributed by atoms with E-state index in [1.165, 1.54) is 12.1 Å². The molecule has 0 aliphatic carbocycles. The lowest BCUT2D eigenvalue weighted by molar-refractivity contribution is -0.141. The van der Waals surface area contributed by atoms with Gasteiger partial charge in [-0.2, -0.15) is 13.2 Å². The molecule has 0 spiro atoms. The third kappa shape index (κ3) is 4.56. The molecule has 0 atom stereocenters. The number of alkyl halides is 3. The van der Waals surface area contributed by atoms with Gasteiger partial charge in [0.25, 0.3) is 0 Å². The van der Waals surface area contributed by atoms with Crippen LogP contribution in [0.15, 0.2) is 29.5 Å². The molecule has 0 bridgehead atoms. The summed E-state index contributed by atoms with van der Waals surface area (Å²) in [6.07, 6.45) is 0.326. The summed E-state index contributed by atoms with van der Waals surface area (Å²) in [7, 11) is 0. The quantitative estimate of drug-likeness (QED) is 0.342. The van der Waals surface area contributed by atoms with Crippen molar-refractivity contribution < 1.29 is 13.2 Å². The number of nitrogens with zero attached hydrogens (tertiary/aromatic N) is 4. The molecule has 1 aromatic rings. The van der Waals surface area contributed by atoms with Crippen molar-refractivity contribution in [1.29, 1.82) is 0 Å². The van der Waals surface area contributed by atoms with E-state index >= 15 is 0 Å². The Morgan fingerprint density at radius 1 is 1.47 bits per heavy atom. The molecule has 0 amide bonds. The highest BCUT2D eigenvalue weighted by molar-refractivity contribution is 5.49. The van der Waals surface area contributed by atoms with Crippen molar-refractivity contribution in [2.24, 2.45) is 5.11 Å². The molecule has 1 aromatic heterocycles. The first-order valence-corrected chi connectivity index (χ1v) is 4.74. The van der Waals surface area contributed by atoms with Crippen molar-refractivity contribution in [2.45, 2.75) is 12.6 Å². The Kier molecular flexibility index (Phi) is 4.54. The van der Waals surface area contributed by atoms with Gasteiger partial charge >= 0.3 is 6.18 Å². The van der Waals surface area contributed by atoms with Crippen molar-refractivity contribution in [1.82, 2.24) is 4.98 Å². The molecular weight excluding hydrogens is 233 g/mol. The van der Waals surface area contributed by atoms with E-state index in [0.717, 1.165) is 12.3 Å². The Hall–Kier alpha value is -2.01. The lowest BCUT2D eigenvalue weighted by atomic mass is 10.2. The lowest BCUT2D eigenvalue weighted by Crippen LogP contribution is -2.07. The Morgan fingerprint density at radius 3 is 2.88 bits per heavy atom. The predicted molar refractivity (Wildman–Crippen MR) is 56.9 cm³/mol. The van der Waals surface area contributed by atoms with Gasteiger partial charge in [0.2, 0.25) is 0 Å². The maximum atomic E-state index is 12.3. The molecule has 7 heteroatoms. The Bertz CT molecular complexity index is 447. The zero-order valence-electron chi connectivity index (χ0n) is 8.72. The third-order valence-corrected chi connectivity index (χ3v) is 1.84. The largest absolute Gasteiger partial charge is 0.433 e. The summed E-state index contributed by atoms with van der Waals surface area (Å²) in [5, 5.41) is 3.30. The van der Waals surface area contributed by atoms with Crippen LogP contribution in [0.1, 0.15) is 17.7 Å². The van der Waals surface area contributed by atoms with Gasteiger partial charge in [0.15, 0.2) is 0 Å². The number of azide groups is 1. The van der Waals surface area contributed by atoms with Gasteiger partial charge in [0, 0.05) is 17.7 Å². The van der Waals surface area contributed by atoms with Crippen LogP contribution in [-0.2, 0) is 6.18 Å². The van der Waals surface area contributed by atoms with Gasteiger partial charge in [-0.05, 0) is 29.6 Å². The van der Waals surface area contributed by atoms with E-state index in [1.807, 2.05) is 0 Å². The summed E-state index contributed by atoms with van der Waals surface area (Å²) in [5.41, 5.74) is 7.50. The molecule has 0 fully saturated rings. The highest BCUT2D eigenvalue weighted by Gasteiger charge is 2.32. The highest BCUT2D eigenvalue weighted by Crippen LogP contribution is 2.27. The molecule has 17 heavy (non-hydrogen) atoms. The molecule has 0 aromatic carbocycles. The molecule has 0 aliphatic rings.